The molecule has 0 radical (unpaired) electrons. The van der Waals surface area contributed by atoms with Crippen LogP contribution in [-0.4, -0.2) is 25.8 Å². The third kappa shape index (κ3) is 3.65. The van der Waals surface area contributed by atoms with Crippen molar-refractivity contribution in [3.63, 3.8) is 0 Å². The average molecular weight is 185 g/mol. The van der Waals surface area contributed by atoms with Crippen LogP contribution < -0.4 is 5.32 Å². The van der Waals surface area contributed by atoms with Crippen LogP contribution in [0, 0.1) is 5.92 Å². The maximum absolute atomic E-state index is 5.25. The van der Waals surface area contributed by atoms with Crippen LogP contribution in [0.25, 0.3) is 0 Å². The molecule has 1 aliphatic rings. The number of ether oxygens (including phenoxy) is 1. The van der Waals surface area contributed by atoms with Crippen LogP contribution >= 0.6 is 0 Å². The summed E-state index contributed by atoms with van der Waals surface area (Å²) >= 11 is 0. The largest absolute Gasteiger partial charge is 0.380 e. The second kappa shape index (κ2) is 5.61. The Labute approximate surface area is 82.0 Å². The van der Waals surface area contributed by atoms with Crippen molar-refractivity contribution in [3.8, 4) is 0 Å². The van der Waals surface area contributed by atoms with Gasteiger partial charge >= 0.3 is 0 Å². The lowest BCUT2D eigenvalue weighted by Gasteiger charge is -2.27. The van der Waals surface area contributed by atoms with E-state index in [0.717, 1.165) is 12.5 Å². The minimum Gasteiger partial charge on any atom is -0.380 e. The standard InChI is InChI=1S/C11H23NO/c1-9(10(2)13-3)12-8-7-11-5-4-6-11/h9-12H,4-8H2,1-3H3. The molecule has 0 aromatic heterocycles. The van der Waals surface area contributed by atoms with Crippen LogP contribution in [0.4, 0.5) is 0 Å². The lowest BCUT2D eigenvalue weighted by molar-refractivity contribution is 0.0877. The summed E-state index contributed by atoms with van der Waals surface area (Å²) in [6.07, 6.45) is 6.03. The predicted octanol–water partition coefficient (Wildman–Crippen LogP) is 2.19. The molecule has 0 amide bonds. The molecule has 0 bridgehead atoms. The molecule has 78 valence electrons. The monoisotopic (exact) mass is 185 g/mol. The number of nitrogens with one attached hydrogen (secondary N) is 1. The van der Waals surface area contributed by atoms with Gasteiger partial charge in [0, 0.05) is 13.2 Å². The zero-order chi connectivity index (χ0) is 9.68. The Morgan fingerprint density at radius 3 is 2.54 bits per heavy atom. The van der Waals surface area contributed by atoms with E-state index in [9.17, 15) is 0 Å². The molecule has 0 aromatic rings. The fourth-order valence-corrected chi connectivity index (χ4v) is 1.67. The molecular formula is C11H23NO. The highest BCUT2D eigenvalue weighted by Crippen LogP contribution is 2.28. The summed E-state index contributed by atoms with van der Waals surface area (Å²) in [5, 5.41) is 3.51. The maximum atomic E-state index is 5.25. The lowest BCUT2D eigenvalue weighted by atomic mass is 9.83. The molecule has 2 atom stereocenters. The van der Waals surface area contributed by atoms with Crippen molar-refractivity contribution in [2.45, 2.75) is 51.7 Å². The van der Waals surface area contributed by atoms with Crippen LogP contribution in [0.5, 0.6) is 0 Å². The van der Waals surface area contributed by atoms with Crippen molar-refractivity contribution in [1.82, 2.24) is 5.32 Å². The topological polar surface area (TPSA) is 21.3 Å². The first-order valence-corrected chi connectivity index (χ1v) is 5.50. The molecule has 0 aliphatic heterocycles. The molecule has 1 rings (SSSR count). The second-order valence-electron chi connectivity index (χ2n) is 4.27. The highest BCUT2D eigenvalue weighted by molar-refractivity contribution is 4.73. The molecule has 2 nitrogen and oxygen atoms in total. The highest BCUT2D eigenvalue weighted by Gasteiger charge is 2.17. The van der Waals surface area contributed by atoms with Gasteiger partial charge in [0.15, 0.2) is 0 Å². The van der Waals surface area contributed by atoms with Gasteiger partial charge in [-0.2, -0.15) is 0 Å². The molecular weight excluding hydrogens is 162 g/mol. The quantitative estimate of drug-likeness (QED) is 0.685. The van der Waals surface area contributed by atoms with Gasteiger partial charge in [0.2, 0.25) is 0 Å². The Morgan fingerprint density at radius 2 is 2.08 bits per heavy atom. The molecule has 0 spiro atoms. The van der Waals surface area contributed by atoms with Gasteiger partial charge in [-0.05, 0) is 32.7 Å². The SMILES string of the molecule is COC(C)C(C)NCCC1CCC1. The molecule has 2 unspecified atom stereocenters. The zero-order valence-electron chi connectivity index (χ0n) is 9.18. The predicted molar refractivity (Wildman–Crippen MR) is 55.9 cm³/mol. The van der Waals surface area contributed by atoms with E-state index in [1.807, 2.05) is 0 Å². The maximum Gasteiger partial charge on any atom is 0.0693 e. The summed E-state index contributed by atoms with van der Waals surface area (Å²) < 4.78 is 5.25. The van der Waals surface area contributed by atoms with E-state index in [0.29, 0.717) is 12.1 Å². The molecule has 1 N–H and O–H groups in total. The van der Waals surface area contributed by atoms with Crippen LogP contribution in [-0.2, 0) is 4.74 Å². The first kappa shape index (κ1) is 11.0. The molecule has 13 heavy (non-hydrogen) atoms. The number of rotatable bonds is 6. The van der Waals surface area contributed by atoms with E-state index in [1.54, 1.807) is 7.11 Å². The molecule has 1 aliphatic carbocycles. The summed E-state index contributed by atoms with van der Waals surface area (Å²) in [6.45, 7) is 5.45. The molecule has 1 fully saturated rings. The average Bonchev–Trinajstić information content (AvgIpc) is 2.07. The Morgan fingerprint density at radius 1 is 1.38 bits per heavy atom. The third-order valence-corrected chi connectivity index (χ3v) is 3.32. The highest BCUT2D eigenvalue weighted by atomic mass is 16.5. The number of hydrogen-bond donors (Lipinski definition) is 1. The van der Waals surface area contributed by atoms with E-state index < -0.39 is 0 Å². The number of methoxy groups -OCH3 is 1. The minimum absolute atomic E-state index is 0.321. The van der Waals surface area contributed by atoms with Crippen LogP contribution in [0.3, 0.4) is 0 Å². The Kier molecular flexibility index (Phi) is 4.74. The normalized spacial score (nSPS) is 22.4. The lowest BCUT2D eigenvalue weighted by Crippen LogP contribution is -2.38. The fraction of sp³-hybridized carbons (Fsp3) is 1.00. The molecule has 0 aromatic carbocycles. The molecule has 0 heterocycles. The third-order valence-electron chi connectivity index (χ3n) is 3.32. The second-order valence-corrected chi connectivity index (χ2v) is 4.27. The van der Waals surface area contributed by atoms with Crippen molar-refractivity contribution >= 4 is 0 Å². The van der Waals surface area contributed by atoms with Crippen molar-refractivity contribution < 1.29 is 4.74 Å². The van der Waals surface area contributed by atoms with E-state index in [2.05, 4.69) is 19.2 Å². The molecule has 0 saturated heterocycles. The summed E-state index contributed by atoms with van der Waals surface area (Å²) in [7, 11) is 1.77. The summed E-state index contributed by atoms with van der Waals surface area (Å²) in [6, 6.07) is 0.477. The van der Waals surface area contributed by atoms with Gasteiger partial charge < -0.3 is 10.1 Å². The van der Waals surface area contributed by atoms with E-state index in [4.69, 9.17) is 4.74 Å². The Balaban J connectivity index is 1.97. The zero-order valence-corrected chi connectivity index (χ0v) is 9.18. The summed E-state index contributed by atoms with van der Waals surface area (Å²) in [5.74, 6) is 1.01. The minimum atomic E-state index is 0.321. The van der Waals surface area contributed by atoms with E-state index in [-0.39, 0.29) is 0 Å². The van der Waals surface area contributed by atoms with Gasteiger partial charge in [-0.15, -0.1) is 0 Å². The fourth-order valence-electron chi connectivity index (χ4n) is 1.67. The van der Waals surface area contributed by atoms with Gasteiger partial charge in [0.25, 0.3) is 0 Å². The van der Waals surface area contributed by atoms with Gasteiger partial charge in [-0.25, -0.2) is 0 Å². The van der Waals surface area contributed by atoms with Gasteiger partial charge in [0.1, 0.15) is 0 Å². The summed E-state index contributed by atoms with van der Waals surface area (Å²) in [5.41, 5.74) is 0. The smallest absolute Gasteiger partial charge is 0.0693 e. The summed E-state index contributed by atoms with van der Waals surface area (Å²) in [4.78, 5) is 0. The van der Waals surface area contributed by atoms with Crippen LogP contribution in [0.1, 0.15) is 39.5 Å². The molecule has 2 heteroatoms. The Bertz CT molecular complexity index is 134. The van der Waals surface area contributed by atoms with Crippen molar-refractivity contribution in [1.29, 1.82) is 0 Å². The van der Waals surface area contributed by atoms with Gasteiger partial charge in [-0.3, -0.25) is 0 Å². The first-order valence-electron chi connectivity index (χ1n) is 5.50. The number of hydrogen-bond acceptors (Lipinski definition) is 2. The first-order chi connectivity index (χ1) is 6.24. The van der Waals surface area contributed by atoms with E-state index in [1.165, 1.54) is 25.7 Å². The van der Waals surface area contributed by atoms with E-state index >= 15 is 0 Å². The van der Waals surface area contributed by atoms with Crippen molar-refractivity contribution in [2.75, 3.05) is 13.7 Å². The van der Waals surface area contributed by atoms with Crippen molar-refractivity contribution in [2.24, 2.45) is 5.92 Å². The van der Waals surface area contributed by atoms with Crippen molar-refractivity contribution in [3.05, 3.63) is 0 Å². The van der Waals surface area contributed by atoms with Crippen LogP contribution in [0.2, 0.25) is 0 Å². The Hall–Kier alpha value is -0.0800. The van der Waals surface area contributed by atoms with Gasteiger partial charge in [0.05, 0.1) is 6.10 Å². The molecule has 1 saturated carbocycles. The van der Waals surface area contributed by atoms with Crippen LogP contribution in [0.15, 0.2) is 0 Å². The van der Waals surface area contributed by atoms with Gasteiger partial charge in [-0.1, -0.05) is 19.3 Å².